The van der Waals surface area contributed by atoms with Crippen molar-refractivity contribution >= 4 is 23.0 Å². The molecule has 7 nitrogen and oxygen atoms in total. The zero-order chi connectivity index (χ0) is 25.2. The summed E-state index contributed by atoms with van der Waals surface area (Å²) in [4.78, 5) is 23.0. The van der Waals surface area contributed by atoms with Crippen molar-refractivity contribution < 1.29 is 23.5 Å². The number of oxazole rings is 1. The monoisotopic (exact) mass is 504 g/mol. The molecule has 0 spiro atoms. The predicted molar refractivity (Wildman–Crippen MR) is 138 cm³/mol. The van der Waals surface area contributed by atoms with Gasteiger partial charge in [-0.25, -0.2) is 4.98 Å². The maximum Gasteiger partial charge on any atom is 0.305 e. The molecule has 4 aromatic rings. The van der Waals surface area contributed by atoms with Gasteiger partial charge in [-0.2, -0.15) is 0 Å². The molecule has 0 fully saturated rings. The highest BCUT2D eigenvalue weighted by Crippen LogP contribution is 2.20. The van der Waals surface area contributed by atoms with E-state index >= 15 is 0 Å². The van der Waals surface area contributed by atoms with Crippen molar-refractivity contribution in [1.29, 1.82) is 0 Å². The van der Waals surface area contributed by atoms with Crippen molar-refractivity contribution in [2.75, 3.05) is 7.11 Å². The lowest BCUT2D eigenvalue weighted by Crippen LogP contribution is -2.08. The number of nitrogens with zero attached hydrogens (tertiary/aromatic N) is 2. The first-order valence-electron chi connectivity index (χ1n) is 11.6. The first-order chi connectivity index (χ1) is 17.6. The van der Waals surface area contributed by atoms with Gasteiger partial charge in [-0.15, -0.1) is 11.3 Å². The molecule has 186 valence electrons. The molecule has 0 unspecified atom stereocenters. The number of rotatable bonds is 12. The van der Waals surface area contributed by atoms with Crippen molar-refractivity contribution in [3.63, 3.8) is 0 Å². The summed E-state index contributed by atoms with van der Waals surface area (Å²) in [5.74, 6) is 1.91. The van der Waals surface area contributed by atoms with E-state index in [0.717, 1.165) is 28.3 Å². The third kappa shape index (κ3) is 7.29. The molecule has 2 heterocycles. The Morgan fingerprint density at radius 2 is 1.81 bits per heavy atom. The fraction of sp³-hybridized carbons (Fsp3) is 0.250. The molecular weight excluding hydrogens is 476 g/mol. The normalized spacial score (nSPS) is 11.3. The first kappa shape index (κ1) is 25.2. The van der Waals surface area contributed by atoms with Crippen LogP contribution >= 0.6 is 11.3 Å². The van der Waals surface area contributed by atoms with Crippen LogP contribution in [-0.2, 0) is 34.0 Å². The van der Waals surface area contributed by atoms with Crippen LogP contribution < -0.4 is 4.74 Å². The molecule has 4 rings (SSSR count). The summed E-state index contributed by atoms with van der Waals surface area (Å²) in [6.45, 7) is 2.53. The van der Waals surface area contributed by atoms with Crippen molar-refractivity contribution in [2.45, 2.75) is 39.4 Å². The smallest absolute Gasteiger partial charge is 0.305 e. The second kappa shape index (κ2) is 12.7. The Kier molecular flexibility index (Phi) is 8.88. The van der Waals surface area contributed by atoms with Crippen LogP contribution in [0.5, 0.6) is 5.75 Å². The van der Waals surface area contributed by atoms with Crippen LogP contribution in [-0.4, -0.2) is 23.8 Å². The van der Waals surface area contributed by atoms with Gasteiger partial charge in [0.15, 0.2) is 5.89 Å². The Labute approximate surface area is 214 Å². The average molecular weight is 505 g/mol. The number of aryl methyl sites for hydroxylation is 1. The van der Waals surface area contributed by atoms with Crippen LogP contribution in [0.3, 0.4) is 0 Å². The minimum Gasteiger partial charge on any atom is -0.487 e. The van der Waals surface area contributed by atoms with Crippen LogP contribution in [0.4, 0.5) is 0 Å². The summed E-state index contributed by atoms with van der Waals surface area (Å²) in [5.41, 5.74) is 3.35. The lowest BCUT2D eigenvalue weighted by Gasteiger charge is -2.08. The molecule has 0 aliphatic carbocycles. The third-order valence-electron chi connectivity index (χ3n) is 5.45. The number of benzene rings is 2. The van der Waals surface area contributed by atoms with Gasteiger partial charge >= 0.3 is 5.97 Å². The Bertz CT molecular complexity index is 1270. The Morgan fingerprint density at radius 3 is 2.53 bits per heavy atom. The molecule has 0 saturated heterocycles. The van der Waals surface area contributed by atoms with Gasteiger partial charge in [-0.1, -0.05) is 53.7 Å². The second-order valence-electron chi connectivity index (χ2n) is 8.05. The number of hydrogen-bond acceptors (Lipinski definition) is 8. The number of thiophene rings is 1. The van der Waals surface area contributed by atoms with E-state index in [1.165, 1.54) is 12.0 Å². The van der Waals surface area contributed by atoms with Crippen LogP contribution in [0.2, 0.25) is 0 Å². The lowest BCUT2D eigenvalue weighted by molar-refractivity contribution is -0.140. The zero-order valence-electron chi connectivity index (χ0n) is 20.3. The molecule has 2 aromatic heterocycles. The molecule has 0 bridgehead atoms. The van der Waals surface area contributed by atoms with Gasteiger partial charge < -0.3 is 18.7 Å². The van der Waals surface area contributed by atoms with Crippen LogP contribution in [0.15, 0.2) is 81.7 Å². The van der Waals surface area contributed by atoms with E-state index in [9.17, 15) is 4.79 Å². The third-order valence-corrected chi connectivity index (χ3v) is 6.32. The van der Waals surface area contributed by atoms with Crippen molar-refractivity contribution in [2.24, 2.45) is 5.16 Å². The summed E-state index contributed by atoms with van der Waals surface area (Å²) < 4.78 is 16.4. The van der Waals surface area contributed by atoms with Crippen molar-refractivity contribution in [1.82, 2.24) is 4.98 Å². The fourth-order valence-corrected chi connectivity index (χ4v) is 4.17. The summed E-state index contributed by atoms with van der Waals surface area (Å²) >= 11 is 1.69. The number of aromatic nitrogens is 1. The molecule has 0 radical (unpaired) electrons. The van der Waals surface area contributed by atoms with Gasteiger partial charge in [0.25, 0.3) is 0 Å². The molecule has 0 N–H and O–H groups in total. The number of oxime groups is 1. The highest BCUT2D eigenvalue weighted by Gasteiger charge is 2.12. The van der Waals surface area contributed by atoms with Gasteiger partial charge in [-0.05, 0) is 41.6 Å². The minimum atomic E-state index is -0.284. The van der Waals surface area contributed by atoms with Gasteiger partial charge in [0.2, 0.25) is 0 Å². The number of carbonyl (C=O) groups is 1. The van der Waals surface area contributed by atoms with Crippen molar-refractivity contribution in [3.8, 4) is 5.75 Å². The minimum absolute atomic E-state index is 0.236. The quantitative estimate of drug-likeness (QED) is 0.132. The number of hydrogen-bond donors (Lipinski definition) is 0. The SMILES string of the molecule is COC(=O)CC/C(=N/OCc1ccc(OCc2nc(Cc3cccs3)oc2C)cc1)c1ccccc1. The van der Waals surface area contributed by atoms with Crippen LogP contribution in [0.1, 0.15) is 46.2 Å². The molecule has 2 aromatic carbocycles. The highest BCUT2D eigenvalue weighted by molar-refractivity contribution is 7.09. The topological polar surface area (TPSA) is 83.2 Å². The van der Waals surface area contributed by atoms with Crippen molar-refractivity contribution in [3.05, 3.63) is 105 Å². The van der Waals surface area contributed by atoms with Crippen LogP contribution in [0, 0.1) is 6.92 Å². The number of esters is 1. The molecule has 0 saturated carbocycles. The maximum atomic E-state index is 11.6. The summed E-state index contributed by atoms with van der Waals surface area (Å²) in [5, 5.41) is 6.34. The van der Waals surface area contributed by atoms with E-state index in [2.05, 4.69) is 16.2 Å². The average Bonchev–Trinajstić information content (AvgIpc) is 3.55. The fourth-order valence-electron chi connectivity index (χ4n) is 3.47. The first-order valence-corrected chi connectivity index (χ1v) is 12.5. The van der Waals surface area contributed by atoms with Crippen LogP contribution in [0.25, 0.3) is 0 Å². The number of ether oxygens (including phenoxy) is 2. The second-order valence-corrected chi connectivity index (χ2v) is 9.09. The Balaban J connectivity index is 1.30. The zero-order valence-corrected chi connectivity index (χ0v) is 21.1. The largest absolute Gasteiger partial charge is 0.487 e. The molecule has 0 aliphatic heterocycles. The number of carbonyl (C=O) groups excluding carboxylic acids is 1. The maximum absolute atomic E-state index is 11.6. The Hall–Kier alpha value is -3.91. The Morgan fingerprint density at radius 1 is 1.00 bits per heavy atom. The van der Waals surface area contributed by atoms with E-state index < -0.39 is 0 Å². The molecular formula is C28H28N2O5S. The van der Waals surface area contributed by atoms with E-state index in [1.54, 1.807) is 11.3 Å². The molecule has 0 aliphatic rings. The molecule has 0 amide bonds. The summed E-state index contributed by atoms with van der Waals surface area (Å²) in [6.07, 6.45) is 1.35. The highest BCUT2D eigenvalue weighted by atomic mass is 32.1. The van der Waals surface area contributed by atoms with Gasteiger partial charge in [-0.3, -0.25) is 4.79 Å². The van der Waals surface area contributed by atoms with Gasteiger partial charge in [0, 0.05) is 11.3 Å². The lowest BCUT2D eigenvalue weighted by atomic mass is 10.1. The predicted octanol–water partition coefficient (Wildman–Crippen LogP) is 6.09. The standard InChI is InChI=1S/C28H28N2O5S/c1-20-26(29-27(35-20)17-24-9-6-16-36-24)19-33-23-12-10-21(11-13-23)18-34-30-25(14-15-28(31)32-2)22-7-4-3-5-8-22/h3-13,16H,14-15,17-19H2,1-2H3/b30-25-. The molecule has 0 atom stereocenters. The van der Waals surface area contributed by atoms with E-state index in [1.807, 2.05) is 73.0 Å². The van der Waals surface area contributed by atoms with E-state index in [0.29, 0.717) is 37.7 Å². The number of methoxy groups -OCH3 is 1. The van der Waals surface area contributed by atoms with Gasteiger partial charge in [0.05, 0.1) is 25.7 Å². The summed E-state index contributed by atoms with van der Waals surface area (Å²) in [6, 6.07) is 21.4. The molecule has 8 heteroatoms. The van der Waals surface area contributed by atoms with E-state index in [-0.39, 0.29) is 12.4 Å². The molecule has 36 heavy (non-hydrogen) atoms. The van der Waals surface area contributed by atoms with Gasteiger partial charge in [0.1, 0.15) is 30.4 Å². The summed E-state index contributed by atoms with van der Waals surface area (Å²) in [7, 11) is 1.38. The van der Waals surface area contributed by atoms with E-state index in [4.69, 9.17) is 18.7 Å².